The van der Waals surface area contributed by atoms with E-state index in [9.17, 15) is 8.42 Å². The fourth-order valence-corrected chi connectivity index (χ4v) is 4.95. The van der Waals surface area contributed by atoms with Crippen LogP contribution in [0.5, 0.6) is 0 Å². The van der Waals surface area contributed by atoms with Crippen LogP contribution in [-0.4, -0.2) is 70.8 Å². The predicted octanol–water partition coefficient (Wildman–Crippen LogP) is 0.0956. The molecular formula is C14H19N5O3S. The highest BCUT2D eigenvalue weighted by Crippen LogP contribution is 2.30. The Balaban J connectivity index is 1.56. The molecule has 0 aromatic carbocycles. The molecule has 2 saturated heterocycles. The van der Waals surface area contributed by atoms with Crippen LogP contribution in [0.15, 0.2) is 24.7 Å². The van der Waals surface area contributed by atoms with Crippen LogP contribution in [0, 0.1) is 0 Å². The fraction of sp³-hybridized carbons (Fsp3) is 0.571. The highest BCUT2D eigenvalue weighted by Gasteiger charge is 2.37. The third-order valence-electron chi connectivity index (χ3n) is 4.53. The van der Waals surface area contributed by atoms with E-state index in [2.05, 4.69) is 9.97 Å². The van der Waals surface area contributed by atoms with Gasteiger partial charge in [0.05, 0.1) is 13.2 Å². The maximum atomic E-state index is 12.7. The van der Waals surface area contributed by atoms with E-state index in [1.54, 1.807) is 16.7 Å². The zero-order valence-corrected chi connectivity index (χ0v) is 13.5. The number of nitrogens with zero attached hydrogens (tertiary/aromatic N) is 5. The summed E-state index contributed by atoms with van der Waals surface area (Å²) in [6.45, 7) is 2.85. The molecule has 1 atom stereocenters. The first-order valence-corrected chi connectivity index (χ1v) is 9.17. The third kappa shape index (κ3) is 2.63. The molecule has 0 spiro atoms. The average molecular weight is 337 g/mol. The van der Waals surface area contributed by atoms with Crippen molar-refractivity contribution in [2.75, 3.05) is 39.4 Å². The van der Waals surface area contributed by atoms with Crippen molar-refractivity contribution < 1.29 is 13.2 Å². The monoisotopic (exact) mass is 337 g/mol. The van der Waals surface area contributed by atoms with E-state index in [0.717, 1.165) is 12.1 Å². The van der Waals surface area contributed by atoms with E-state index < -0.39 is 10.2 Å². The van der Waals surface area contributed by atoms with E-state index in [1.807, 2.05) is 16.7 Å². The molecule has 0 N–H and O–H groups in total. The maximum absolute atomic E-state index is 12.7. The lowest BCUT2D eigenvalue weighted by atomic mass is 10.0. The summed E-state index contributed by atoms with van der Waals surface area (Å²) in [6, 6.07) is 1.95. The van der Waals surface area contributed by atoms with Crippen molar-refractivity contribution in [1.29, 1.82) is 0 Å². The number of imidazole rings is 1. The maximum Gasteiger partial charge on any atom is 0.282 e. The summed E-state index contributed by atoms with van der Waals surface area (Å²) in [5.74, 6) is 0.808. The molecule has 0 bridgehead atoms. The molecule has 2 fully saturated rings. The van der Waals surface area contributed by atoms with E-state index >= 15 is 0 Å². The Bertz CT molecular complexity index is 800. The van der Waals surface area contributed by atoms with Gasteiger partial charge in [0.25, 0.3) is 10.2 Å². The second-order valence-electron chi connectivity index (χ2n) is 5.83. The van der Waals surface area contributed by atoms with Crippen LogP contribution in [-0.2, 0) is 14.9 Å². The zero-order valence-electron chi connectivity index (χ0n) is 12.7. The van der Waals surface area contributed by atoms with Gasteiger partial charge in [-0.2, -0.15) is 17.0 Å². The van der Waals surface area contributed by atoms with Gasteiger partial charge in [0.1, 0.15) is 0 Å². The van der Waals surface area contributed by atoms with E-state index in [1.165, 1.54) is 4.31 Å². The topological polar surface area (TPSA) is 80.0 Å². The lowest BCUT2D eigenvalue weighted by molar-refractivity contribution is 0.0705. The molecule has 4 heterocycles. The summed E-state index contributed by atoms with van der Waals surface area (Å²) < 4.78 is 35.8. The first kappa shape index (κ1) is 15.0. The molecule has 1 unspecified atom stereocenters. The smallest absolute Gasteiger partial charge is 0.282 e. The summed E-state index contributed by atoms with van der Waals surface area (Å²) in [5.41, 5.74) is 1.06. The van der Waals surface area contributed by atoms with Crippen molar-refractivity contribution in [3.05, 3.63) is 30.4 Å². The van der Waals surface area contributed by atoms with Gasteiger partial charge in [0.15, 0.2) is 0 Å². The van der Waals surface area contributed by atoms with Gasteiger partial charge in [-0.1, -0.05) is 0 Å². The average Bonchev–Trinajstić information content (AvgIpc) is 3.25. The van der Waals surface area contributed by atoms with Crippen molar-refractivity contribution in [1.82, 2.24) is 23.0 Å². The number of aromatic nitrogens is 3. The highest BCUT2D eigenvalue weighted by atomic mass is 32.2. The van der Waals surface area contributed by atoms with Crippen molar-refractivity contribution in [2.45, 2.75) is 12.3 Å². The third-order valence-corrected chi connectivity index (χ3v) is 6.53. The van der Waals surface area contributed by atoms with Crippen molar-refractivity contribution >= 4 is 16.0 Å². The number of hydrogen-bond donors (Lipinski definition) is 0. The summed E-state index contributed by atoms with van der Waals surface area (Å²) in [6.07, 6.45) is 6.12. The molecule has 9 heteroatoms. The van der Waals surface area contributed by atoms with E-state index in [0.29, 0.717) is 45.2 Å². The summed E-state index contributed by atoms with van der Waals surface area (Å²) in [5, 5.41) is 0. The van der Waals surface area contributed by atoms with Crippen LogP contribution >= 0.6 is 0 Å². The molecule has 0 amide bonds. The van der Waals surface area contributed by atoms with Gasteiger partial charge < -0.3 is 4.74 Å². The summed E-state index contributed by atoms with van der Waals surface area (Å²) in [4.78, 5) is 8.40. The Morgan fingerprint density at radius 2 is 1.87 bits per heavy atom. The van der Waals surface area contributed by atoms with Crippen LogP contribution in [0.2, 0.25) is 0 Å². The number of rotatable bonds is 3. The molecular weight excluding hydrogens is 318 g/mol. The van der Waals surface area contributed by atoms with Gasteiger partial charge in [-0.05, 0) is 12.5 Å². The Kier molecular flexibility index (Phi) is 3.80. The lowest BCUT2D eigenvalue weighted by Crippen LogP contribution is -2.47. The van der Waals surface area contributed by atoms with Crippen LogP contribution in [0.1, 0.15) is 18.0 Å². The molecule has 0 aliphatic carbocycles. The zero-order chi connectivity index (χ0) is 15.9. The van der Waals surface area contributed by atoms with Gasteiger partial charge in [0, 0.05) is 56.4 Å². The Morgan fingerprint density at radius 1 is 1.09 bits per heavy atom. The van der Waals surface area contributed by atoms with Crippen molar-refractivity contribution in [3.8, 4) is 0 Å². The van der Waals surface area contributed by atoms with E-state index in [-0.39, 0.29) is 5.92 Å². The van der Waals surface area contributed by atoms with Gasteiger partial charge in [-0.3, -0.25) is 4.40 Å². The van der Waals surface area contributed by atoms with Gasteiger partial charge in [-0.25, -0.2) is 9.97 Å². The number of hydrogen-bond acceptors (Lipinski definition) is 5. The molecule has 23 heavy (non-hydrogen) atoms. The van der Waals surface area contributed by atoms with Crippen molar-refractivity contribution in [3.63, 3.8) is 0 Å². The van der Waals surface area contributed by atoms with E-state index in [4.69, 9.17) is 4.74 Å². The lowest BCUT2D eigenvalue weighted by Gasteiger charge is -2.30. The highest BCUT2D eigenvalue weighted by molar-refractivity contribution is 7.86. The minimum Gasteiger partial charge on any atom is -0.379 e. The SMILES string of the molecule is O=S(=O)(N1CCOCC1)N1CCC(c2ccnc3nccn23)C1. The first-order chi connectivity index (χ1) is 11.2. The molecule has 2 aromatic heterocycles. The second kappa shape index (κ2) is 5.82. The second-order valence-corrected chi connectivity index (χ2v) is 7.76. The van der Waals surface area contributed by atoms with Crippen LogP contribution in [0.3, 0.4) is 0 Å². The van der Waals surface area contributed by atoms with Crippen molar-refractivity contribution in [2.24, 2.45) is 0 Å². The molecule has 8 nitrogen and oxygen atoms in total. The minimum absolute atomic E-state index is 0.158. The number of fused-ring (bicyclic) bond motifs is 1. The molecule has 0 saturated carbocycles. The molecule has 124 valence electrons. The normalized spacial score (nSPS) is 24.4. The molecule has 4 rings (SSSR count). The van der Waals surface area contributed by atoms with Gasteiger partial charge >= 0.3 is 0 Å². The van der Waals surface area contributed by atoms with Crippen LogP contribution in [0.25, 0.3) is 5.78 Å². The molecule has 2 aromatic rings. The molecule has 0 radical (unpaired) electrons. The Morgan fingerprint density at radius 3 is 2.70 bits per heavy atom. The standard InChI is InChI=1S/C14H19N5O3S/c20-23(21,17-7-9-22-10-8-17)18-5-2-12(11-18)13-1-3-15-14-16-4-6-19(13)14/h1,3-4,6,12H,2,5,7-11H2. The fourth-order valence-electron chi connectivity index (χ4n) is 3.31. The Labute approximate surface area is 134 Å². The minimum atomic E-state index is -3.40. The van der Waals surface area contributed by atoms with Gasteiger partial charge in [0.2, 0.25) is 5.78 Å². The largest absolute Gasteiger partial charge is 0.379 e. The summed E-state index contributed by atoms with van der Waals surface area (Å²) in [7, 11) is -3.40. The first-order valence-electron chi connectivity index (χ1n) is 7.77. The Hall–Kier alpha value is -1.55. The van der Waals surface area contributed by atoms with Crippen LogP contribution in [0.4, 0.5) is 0 Å². The quantitative estimate of drug-likeness (QED) is 0.793. The predicted molar refractivity (Wildman–Crippen MR) is 83.2 cm³/mol. The summed E-state index contributed by atoms with van der Waals surface area (Å²) >= 11 is 0. The van der Waals surface area contributed by atoms with Gasteiger partial charge in [-0.15, -0.1) is 0 Å². The number of morpholine rings is 1. The molecule has 2 aliphatic rings. The number of ether oxygens (including phenoxy) is 1. The van der Waals surface area contributed by atoms with Crippen LogP contribution < -0.4 is 0 Å². The molecule has 2 aliphatic heterocycles.